The number of hydrogen-bond donors (Lipinski definition) is 2. The van der Waals surface area contributed by atoms with Crippen molar-refractivity contribution >= 4 is 28.7 Å². The lowest BCUT2D eigenvalue weighted by molar-refractivity contribution is -0.127. The van der Waals surface area contributed by atoms with Gasteiger partial charge < -0.3 is 19.9 Å². The predicted molar refractivity (Wildman–Crippen MR) is 126 cm³/mol. The van der Waals surface area contributed by atoms with Gasteiger partial charge in [0.05, 0.1) is 25.7 Å². The zero-order chi connectivity index (χ0) is 22.5. The third kappa shape index (κ3) is 5.48. The highest BCUT2D eigenvalue weighted by Gasteiger charge is 2.24. The molecule has 1 aliphatic heterocycles. The highest BCUT2D eigenvalue weighted by Crippen LogP contribution is 2.26. The first kappa shape index (κ1) is 21.8. The molecule has 9 heteroatoms. The first-order valence-electron chi connectivity index (χ1n) is 11.9. The molecule has 1 aromatic carbocycles. The lowest BCUT2D eigenvalue weighted by Crippen LogP contribution is -2.35. The van der Waals surface area contributed by atoms with E-state index in [0.29, 0.717) is 12.5 Å². The summed E-state index contributed by atoms with van der Waals surface area (Å²) < 4.78 is 7.46. The number of benzene rings is 1. The first-order valence-corrected chi connectivity index (χ1v) is 11.9. The summed E-state index contributed by atoms with van der Waals surface area (Å²) >= 11 is 0. The van der Waals surface area contributed by atoms with Gasteiger partial charge >= 0.3 is 0 Å². The molecular formula is C24H31N7O2. The zero-order valence-corrected chi connectivity index (χ0v) is 18.9. The van der Waals surface area contributed by atoms with Crippen LogP contribution < -0.4 is 10.6 Å². The Hall–Kier alpha value is -3.04. The molecule has 2 fully saturated rings. The second kappa shape index (κ2) is 10.3. The van der Waals surface area contributed by atoms with Crippen LogP contribution in [0, 0.1) is 5.92 Å². The second-order valence-electron chi connectivity index (χ2n) is 8.83. The second-order valence-corrected chi connectivity index (χ2v) is 8.83. The van der Waals surface area contributed by atoms with Crippen LogP contribution in [-0.4, -0.2) is 63.2 Å². The highest BCUT2D eigenvalue weighted by molar-refractivity contribution is 5.79. The predicted octanol–water partition coefficient (Wildman–Crippen LogP) is 2.71. The maximum absolute atomic E-state index is 12.0. The van der Waals surface area contributed by atoms with Crippen molar-refractivity contribution in [2.45, 2.75) is 38.8 Å². The zero-order valence-electron chi connectivity index (χ0n) is 18.9. The number of carbonyl (C=O) groups is 1. The molecule has 33 heavy (non-hydrogen) atoms. The summed E-state index contributed by atoms with van der Waals surface area (Å²) in [4.78, 5) is 27.9. The molecule has 1 saturated heterocycles. The number of aryl methyl sites for hydroxylation is 1. The molecule has 3 aromatic rings. The average Bonchev–Trinajstić information content (AvgIpc) is 3.19. The van der Waals surface area contributed by atoms with Crippen molar-refractivity contribution in [3.8, 4) is 0 Å². The van der Waals surface area contributed by atoms with Crippen LogP contribution in [0.5, 0.6) is 0 Å². The Morgan fingerprint density at radius 1 is 1.18 bits per heavy atom. The van der Waals surface area contributed by atoms with E-state index >= 15 is 0 Å². The molecule has 174 valence electrons. The van der Waals surface area contributed by atoms with E-state index in [0.717, 1.165) is 75.5 Å². The minimum Gasteiger partial charge on any atom is -0.379 e. The van der Waals surface area contributed by atoms with Crippen LogP contribution >= 0.6 is 0 Å². The Morgan fingerprint density at radius 2 is 2.06 bits per heavy atom. The van der Waals surface area contributed by atoms with Crippen molar-refractivity contribution in [2.75, 3.05) is 38.2 Å². The summed E-state index contributed by atoms with van der Waals surface area (Å²) in [5, 5.41) is 6.38. The molecule has 0 radical (unpaired) electrons. The lowest BCUT2D eigenvalue weighted by Gasteiger charge is -2.26. The molecule has 2 N–H and O–H groups in total. The summed E-state index contributed by atoms with van der Waals surface area (Å²) in [7, 11) is 0. The van der Waals surface area contributed by atoms with Gasteiger partial charge in [-0.3, -0.25) is 9.69 Å². The van der Waals surface area contributed by atoms with Crippen LogP contribution in [0.2, 0.25) is 0 Å². The van der Waals surface area contributed by atoms with Gasteiger partial charge in [0.15, 0.2) is 5.65 Å². The number of rotatable bonds is 9. The van der Waals surface area contributed by atoms with Crippen molar-refractivity contribution in [3.63, 3.8) is 0 Å². The number of fused-ring (bicyclic) bond motifs is 1. The third-order valence-corrected chi connectivity index (χ3v) is 6.40. The maximum atomic E-state index is 12.0. The number of ether oxygens (including phenoxy) is 1. The maximum Gasteiger partial charge on any atom is 0.229 e. The monoisotopic (exact) mass is 449 g/mol. The molecule has 1 saturated carbocycles. The Labute approximate surface area is 193 Å². The average molecular weight is 450 g/mol. The van der Waals surface area contributed by atoms with Crippen molar-refractivity contribution < 1.29 is 9.53 Å². The molecule has 2 aliphatic rings. The molecular weight excluding hydrogens is 418 g/mol. The SMILES string of the molecule is O=C(NCCCn1cnc2cnc(Nc3cccc(CN4CCOCC4)c3)nc21)C1CCC1. The summed E-state index contributed by atoms with van der Waals surface area (Å²) in [6.07, 6.45) is 7.60. The van der Waals surface area contributed by atoms with E-state index in [2.05, 4.69) is 43.7 Å². The Kier molecular flexibility index (Phi) is 6.78. The van der Waals surface area contributed by atoms with E-state index in [1.807, 2.05) is 10.6 Å². The van der Waals surface area contributed by atoms with E-state index in [4.69, 9.17) is 9.72 Å². The number of imidazole rings is 1. The lowest BCUT2D eigenvalue weighted by atomic mass is 9.85. The van der Waals surface area contributed by atoms with E-state index in [-0.39, 0.29) is 11.8 Å². The van der Waals surface area contributed by atoms with Crippen LogP contribution in [0.4, 0.5) is 11.6 Å². The van der Waals surface area contributed by atoms with Gasteiger partial charge in [-0.1, -0.05) is 18.6 Å². The van der Waals surface area contributed by atoms with E-state index in [1.165, 1.54) is 12.0 Å². The molecule has 3 heterocycles. The molecule has 2 aromatic heterocycles. The smallest absolute Gasteiger partial charge is 0.229 e. The van der Waals surface area contributed by atoms with Gasteiger partial charge in [0, 0.05) is 44.3 Å². The summed E-state index contributed by atoms with van der Waals surface area (Å²) in [6.45, 7) is 5.84. The van der Waals surface area contributed by atoms with E-state index in [9.17, 15) is 4.79 Å². The fourth-order valence-electron chi connectivity index (χ4n) is 4.25. The summed E-state index contributed by atoms with van der Waals surface area (Å²) in [5.74, 6) is 0.972. The van der Waals surface area contributed by atoms with Crippen LogP contribution in [0.15, 0.2) is 36.8 Å². The van der Waals surface area contributed by atoms with Gasteiger partial charge in [-0.15, -0.1) is 0 Å². The number of anilines is 2. The highest BCUT2D eigenvalue weighted by atomic mass is 16.5. The number of carbonyl (C=O) groups excluding carboxylic acids is 1. The molecule has 9 nitrogen and oxygen atoms in total. The molecule has 5 rings (SSSR count). The van der Waals surface area contributed by atoms with Gasteiger partial charge in [-0.25, -0.2) is 9.97 Å². The number of aromatic nitrogens is 4. The minimum absolute atomic E-state index is 0.196. The molecule has 1 amide bonds. The number of hydrogen-bond acceptors (Lipinski definition) is 7. The Bertz CT molecular complexity index is 1090. The van der Waals surface area contributed by atoms with Gasteiger partial charge in [0.1, 0.15) is 5.52 Å². The first-order chi connectivity index (χ1) is 16.2. The normalized spacial score (nSPS) is 17.1. The van der Waals surface area contributed by atoms with Crippen molar-refractivity contribution in [1.82, 2.24) is 29.7 Å². The van der Waals surface area contributed by atoms with Crippen LogP contribution in [0.1, 0.15) is 31.2 Å². The van der Waals surface area contributed by atoms with E-state index in [1.54, 1.807) is 12.5 Å². The van der Waals surface area contributed by atoms with Crippen molar-refractivity contribution in [1.29, 1.82) is 0 Å². The number of nitrogens with zero attached hydrogens (tertiary/aromatic N) is 5. The fourth-order valence-corrected chi connectivity index (χ4v) is 4.25. The van der Waals surface area contributed by atoms with Crippen molar-refractivity contribution in [2.24, 2.45) is 5.92 Å². The minimum atomic E-state index is 0.196. The number of nitrogens with one attached hydrogen (secondary N) is 2. The quantitative estimate of drug-likeness (QED) is 0.485. The van der Waals surface area contributed by atoms with Gasteiger partial charge in [-0.2, -0.15) is 4.98 Å². The summed E-state index contributed by atoms with van der Waals surface area (Å²) in [6, 6.07) is 8.37. The molecule has 0 atom stereocenters. The number of morpholine rings is 1. The molecule has 0 unspecified atom stereocenters. The largest absolute Gasteiger partial charge is 0.379 e. The Morgan fingerprint density at radius 3 is 2.88 bits per heavy atom. The summed E-state index contributed by atoms with van der Waals surface area (Å²) in [5.41, 5.74) is 3.77. The van der Waals surface area contributed by atoms with Gasteiger partial charge in [0.25, 0.3) is 0 Å². The fraction of sp³-hybridized carbons (Fsp3) is 0.500. The standard InChI is InChI=1S/C24H31N7O2/c32-23(19-5-2-6-19)25-8-3-9-31-17-27-21-15-26-24(29-22(21)31)28-20-7-1-4-18(14-20)16-30-10-12-33-13-11-30/h1,4,7,14-15,17,19H,2-3,5-6,8-13,16H2,(H,25,32)(H,26,28,29). The van der Waals surface area contributed by atoms with Crippen molar-refractivity contribution in [3.05, 3.63) is 42.4 Å². The molecule has 0 bridgehead atoms. The van der Waals surface area contributed by atoms with Gasteiger partial charge in [0.2, 0.25) is 11.9 Å². The van der Waals surface area contributed by atoms with Crippen LogP contribution in [0.3, 0.4) is 0 Å². The Balaban J connectivity index is 1.19. The van der Waals surface area contributed by atoms with Crippen LogP contribution in [-0.2, 0) is 22.6 Å². The molecule has 0 spiro atoms. The molecule has 1 aliphatic carbocycles. The number of amides is 1. The van der Waals surface area contributed by atoms with Gasteiger partial charge in [-0.05, 0) is 37.0 Å². The topological polar surface area (TPSA) is 97.2 Å². The van der Waals surface area contributed by atoms with Crippen LogP contribution in [0.25, 0.3) is 11.2 Å². The third-order valence-electron chi connectivity index (χ3n) is 6.40. The van der Waals surface area contributed by atoms with E-state index < -0.39 is 0 Å².